The van der Waals surface area contributed by atoms with E-state index in [9.17, 15) is 22.4 Å². The van der Waals surface area contributed by atoms with Crippen molar-refractivity contribution >= 4 is 29.2 Å². The van der Waals surface area contributed by atoms with Crippen LogP contribution in [-0.4, -0.2) is 46.1 Å². The first-order chi connectivity index (χ1) is 16.3. The number of alkyl halides is 3. The van der Waals surface area contributed by atoms with Crippen LogP contribution in [0.4, 0.5) is 23.2 Å². The molecule has 4 N–H and O–H groups in total. The molecule has 0 aliphatic carbocycles. The summed E-state index contributed by atoms with van der Waals surface area (Å²) in [6.45, 7) is 2.33. The third-order valence-corrected chi connectivity index (χ3v) is 4.72. The second kappa shape index (κ2) is 11.7. The van der Waals surface area contributed by atoms with E-state index in [2.05, 4.69) is 10.4 Å². The van der Waals surface area contributed by atoms with Gasteiger partial charge in [0.1, 0.15) is 18.2 Å². The SMILES string of the molecule is Cc1ccc(C(=O)Nc2ccc(OCCN)c(-c3c(Cl)cnn3C)c2)cc1F.O=C(O)C(F)(F)F. The largest absolute Gasteiger partial charge is 0.492 e. The Bertz CT molecular complexity index is 1200. The van der Waals surface area contributed by atoms with Gasteiger partial charge in [0, 0.05) is 30.4 Å². The van der Waals surface area contributed by atoms with Gasteiger partial charge in [0.2, 0.25) is 0 Å². The number of amides is 1. The van der Waals surface area contributed by atoms with Gasteiger partial charge in [-0.05, 0) is 42.8 Å². The van der Waals surface area contributed by atoms with Crippen molar-refractivity contribution in [2.24, 2.45) is 12.8 Å². The van der Waals surface area contributed by atoms with E-state index in [0.29, 0.717) is 46.4 Å². The third kappa shape index (κ3) is 7.42. The normalized spacial score (nSPS) is 10.9. The molecule has 1 heterocycles. The van der Waals surface area contributed by atoms with Gasteiger partial charge in [-0.3, -0.25) is 9.48 Å². The van der Waals surface area contributed by atoms with Crippen molar-refractivity contribution in [3.63, 3.8) is 0 Å². The molecule has 0 bridgehead atoms. The number of nitrogens with zero attached hydrogens (tertiary/aromatic N) is 2. The van der Waals surface area contributed by atoms with Gasteiger partial charge in [-0.2, -0.15) is 18.3 Å². The minimum Gasteiger partial charge on any atom is -0.492 e. The Labute approximate surface area is 202 Å². The molecule has 0 atom stereocenters. The van der Waals surface area contributed by atoms with Crippen LogP contribution in [0.2, 0.25) is 5.02 Å². The van der Waals surface area contributed by atoms with Crippen LogP contribution in [0.3, 0.4) is 0 Å². The average Bonchev–Trinajstić information content (AvgIpc) is 3.12. The van der Waals surface area contributed by atoms with Crippen molar-refractivity contribution in [1.82, 2.24) is 9.78 Å². The molecule has 3 aromatic rings. The van der Waals surface area contributed by atoms with Crippen LogP contribution in [0, 0.1) is 12.7 Å². The number of halogens is 5. The predicted octanol–water partition coefficient (Wildman–Crippen LogP) is 4.41. The summed E-state index contributed by atoms with van der Waals surface area (Å²) in [6.07, 6.45) is -3.55. The Morgan fingerprint density at radius 3 is 2.40 bits per heavy atom. The topological polar surface area (TPSA) is 119 Å². The maximum atomic E-state index is 13.8. The Morgan fingerprint density at radius 1 is 1.23 bits per heavy atom. The highest BCUT2D eigenvalue weighted by Gasteiger charge is 2.38. The van der Waals surface area contributed by atoms with Crippen molar-refractivity contribution in [2.45, 2.75) is 13.1 Å². The molecule has 0 fully saturated rings. The molecule has 0 radical (unpaired) electrons. The first-order valence-corrected chi connectivity index (χ1v) is 10.2. The van der Waals surface area contributed by atoms with E-state index in [1.54, 1.807) is 49.0 Å². The number of carboxylic acid groups (broad SMARTS) is 1. The minimum absolute atomic E-state index is 0.228. The Morgan fingerprint density at radius 2 is 1.89 bits per heavy atom. The fourth-order valence-electron chi connectivity index (χ4n) is 2.74. The highest BCUT2D eigenvalue weighted by molar-refractivity contribution is 6.33. The summed E-state index contributed by atoms with van der Waals surface area (Å²) >= 11 is 6.28. The molecular formula is C22H21ClF4N4O4. The van der Waals surface area contributed by atoms with Gasteiger partial charge in [-0.25, -0.2) is 9.18 Å². The second-order valence-electron chi connectivity index (χ2n) is 7.03. The lowest BCUT2D eigenvalue weighted by atomic mass is 10.1. The standard InChI is InChI=1S/C20H20ClFN4O2.C2HF3O2/c1-12-3-4-13(9-17(12)22)20(27)25-14-5-6-18(28-8-7-23)15(10-14)19-16(21)11-24-26(19)2;3-2(4,5)1(6)7/h3-6,9-11H,7-8,23H2,1-2H3,(H,25,27);(H,6,7). The molecule has 3 rings (SSSR count). The maximum Gasteiger partial charge on any atom is 0.490 e. The first-order valence-electron chi connectivity index (χ1n) is 9.87. The number of aryl methyl sites for hydroxylation is 2. The van der Waals surface area contributed by atoms with Crippen molar-refractivity contribution in [2.75, 3.05) is 18.5 Å². The van der Waals surface area contributed by atoms with Crippen LogP contribution >= 0.6 is 11.6 Å². The van der Waals surface area contributed by atoms with Crippen molar-refractivity contribution < 1.29 is 37.0 Å². The summed E-state index contributed by atoms with van der Waals surface area (Å²) < 4.78 is 52.8. The molecule has 0 saturated heterocycles. The molecule has 0 aliphatic rings. The van der Waals surface area contributed by atoms with Crippen LogP contribution in [-0.2, 0) is 11.8 Å². The zero-order chi connectivity index (χ0) is 26.3. The van der Waals surface area contributed by atoms with Crippen molar-refractivity contribution in [3.05, 3.63) is 64.6 Å². The summed E-state index contributed by atoms with van der Waals surface area (Å²) in [7, 11) is 1.76. The highest BCUT2D eigenvalue weighted by Crippen LogP contribution is 2.36. The number of aromatic nitrogens is 2. The maximum absolute atomic E-state index is 13.8. The lowest BCUT2D eigenvalue weighted by Gasteiger charge is -2.14. The summed E-state index contributed by atoms with van der Waals surface area (Å²) in [5.41, 5.74) is 8.05. The number of ether oxygens (including phenoxy) is 1. The van der Waals surface area contributed by atoms with Gasteiger partial charge in [-0.1, -0.05) is 17.7 Å². The zero-order valence-corrected chi connectivity index (χ0v) is 19.2. The number of aliphatic carboxylic acids is 1. The van der Waals surface area contributed by atoms with Gasteiger partial charge in [-0.15, -0.1) is 0 Å². The number of hydrogen-bond donors (Lipinski definition) is 3. The second-order valence-corrected chi connectivity index (χ2v) is 7.44. The number of carbonyl (C=O) groups is 2. The lowest BCUT2D eigenvalue weighted by molar-refractivity contribution is -0.192. The Hall–Kier alpha value is -3.64. The molecule has 0 unspecified atom stereocenters. The Kier molecular flexibility index (Phi) is 9.20. The molecule has 1 aromatic heterocycles. The van der Waals surface area contributed by atoms with Gasteiger partial charge >= 0.3 is 12.1 Å². The van der Waals surface area contributed by atoms with Crippen LogP contribution < -0.4 is 15.8 Å². The lowest BCUT2D eigenvalue weighted by Crippen LogP contribution is -2.21. The van der Waals surface area contributed by atoms with Gasteiger partial charge in [0.15, 0.2) is 0 Å². The number of nitrogens with one attached hydrogen (secondary N) is 1. The van der Waals surface area contributed by atoms with Gasteiger partial charge in [0.05, 0.1) is 16.9 Å². The van der Waals surface area contributed by atoms with E-state index < -0.39 is 23.9 Å². The molecular weight excluding hydrogens is 496 g/mol. The van der Waals surface area contributed by atoms with Crippen molar-refractivity contribution in [3.8, 4) is 17.0 Å². The van der Waals surface area contributed by atoms with Crippen LogP contribution in [0.25, 0.3) is 11.3 Å². The number of rotatable bonds is 6. The number of carboxylic acids is 1. The molecule has 0 saturated carbocycles. The van der Waals surface area contributed by atoms with E-state index in [0.717, 1.165) is 0 Å². The molecule has 1 amide bonds. The smallest absolute Gasteiger partial charge is 0.490 e. The van der Waals surface area contributed by atoms with Crippen LogP contribution in [0.1, 0.15) is 15.9 Å². The van der Waals surface area contributed by atoms with Gasteiger partial charge in [0.25, 0.3) is 5.91 Å². The molecule has 2 aromatic carbocycles. The Balaban J connectivity index is 0.000000540. The average molecular weight is 517 g/mol. The van der Waals surface area contributed by atoms with E-state index >= 15 is 0 Å². The van der Waals surface area contributed by atoms with E-state index in [4.69, 9.17) is 32.0 Å². The fourth-order valence-corrected chi connectivity index (χ4v) is 3.01. The number of carbonyl (C=O) groups excluding carboxylic acids is 1. The summed E-state index contributed by atoms with van der Waals surface area (Å²) in [4.78, 5) is 21.4. The number of anilines is 1. The van der Waals surface area contributed by atoms with Crippen molar-refractivity contribution in [1.29, 1.82) is 0 Å². The number of benzene rings is 2. The van der Waals surface area contributed by atoms with E-state index in [-0.39, 0.29) is 5.56 Å². The van der Waals surface area contributed by atoms with Crippen LogP contribution in [0.15, 0.2) is 42.6 Å². The molecule has 35 heavy (non-hydrogen) atoms. The summed E-state index contributed by atoms with van der Waals surface area (Å²) in [6, 6.07) is 9.50. The summed E-state index contributed by atoms with van der Waals surface area (Å²) in [5, 5.41) is 14.5. The van der Waals surface area contributed by atoms with E-state index in [1.165, 1.54) is 12.3 Å². The third-order valence-electron chi connectivity index (χ3n) is 4.44. The number of nitrogens with two attached hydrogens (primary N) is 1. The predicted molar refractivity (Wildman–Crippen MR) is 121 cm³/mol. The molecule has 13 heteroatoms. The molecule has 8 nitrogen and oxygen atoms in total. The highest BCUT2D eigenvalue weighted by atomic mass is 35.5. The van der Waals surface area contributed by atoms with Crippen LogP contribution in [0.5, 0.6) is 5.75 Å². The quantitative estimate of drug-likeness (QED) is 0.417. The van der Waals surface area contributed by atoms with E-state index in [1.807, 2.05) is 0 Å². The minimum atomic E-state index is -5.08. The first kappa shape index (κ1) is 27.6. The summed E-state index contributed by atoms with van der Waals surface area (Å²) in [5.74, 6) is -3.04. The molecule has 0 aliphatic heterocycles. The monoisotopic (exact) mass is 516 g/mol. The zero-order valence-electron chi connectivity index (χ0n) is 18.5. The van der Waals surface area contributed by atoms with Gasteiger partial charge < -0.3 is 20.9 Å². The molecule has 188 valence electrons. The number of hydrogen-bond acceptors (Lipinski definition) is 5. The fraction of sp³-hybridized carbons (Fsp3) is 0.227. The molecule has 0 spiro atoms.